The summed E-state index contributed by atoms with van der Waals surface area (Å²) in [5.74, 6) is 0.545. The van der Waals surface area contributed by atoms with Crippen LogP contribution in [0.4, 0.5) is 28.9 Å². The lowest BCUT2D eigenvalue weighted by molar-refractivity contribution is -0.141. The third kappa shape index (κ3) is 6.48. The van der Waals surface area contributed by atoms with Crippen LogP contribution in [0.5, 0.6) is 11.6 Å². The van der Waals surface area contributed by atoms with Crippen molar-refractivity contribution in [1.82, 2.24) is 24.8 Å². The highest BCUT2D eigenvalue weighted by atomic mass is 32.1. The number of thiazole rings is 1. The lowest BCUT2D eigenvalue weighted by Crippen LogP contribution is -2.46. The maximum atomic E-state index is 13.7. The van der Waals surface area contributed by atoms with Crippen LogP contribution in [0.2, 0.25) is 0 Å². The van der Waals surface area contributed by atoms with Crippen LogP contribution in [0.3, 0.4) is 0 Å². The standard InChI is InChI=1S/C28H30F3N7O3S/c1-15(18-7-6-12-38(18)26(39)41-27(2,3)4)35-24-16(10-11-21(36-24)28(29,30)31)17-13-22(34-14-33-17)40-19-8-5-9-20-23(19)37-25(32)42-20/h5,8-11,13-15,18H,6-7,12H2,1-4H3,(H2,32,37)(H,35,36)/t15-,18-/m1/s1. The van der Waals surface area contributed by atoms with Crippen LogP contribution in [0, 0.1) is 0 Å². The molecule has 1 aromatic carbocycles. The number of halogens is 3. The average Bonchev–Trinajstić information content (AvgIpc) is 3.54. The summed E-state index contributed by atoms with van der Waals surface area (Å²) in [4.78, 5) is 31.1. The van der Waals surface area contributed by atoms with Crippen molar-refractivity contribution in [2.75, 3.05) is 17.6 Å². The van der Waals surface area contributed by atoms with Gasteiger partial charge in [-0.1, -0.05) is 17.4 Å². The summed E-state index contributed by atoms with van der Waals surface area (Å²) < 4.78 is 53.4. The van der Waals surface area contributed by atoms with Crippen molar-refractivity contribution in [2.24, 2.45) is 0 Å². The first kappa shape index (κ1) is 29.3. The van der Waals surface area contributed by atoms with Crippen molar-refractivity contribution >= 4 is 38.6 Å². The van der Waals surface area contributed by atoms with E-state index < -0.39 is 29.6 Å². The zero-order valence-electron chi connectivity index (χ0n) is 23.4. The van der Waals surface area contributed by atoms with Crippen LogP contribution in [0.15, 0.2) is 42.7 Å². The molecule has 1 saturated heterocycles. The number of nitrogen functional groups attached to an aromatic ring is 1. The Balaban J connectivity index is 1.45. The molecule has 0 bridgehead atoms. The molecule has 4 heterocycles. The van der Waals surface area contributed by atoms with E-state index in [1.807, 2.05) is 6.07 Å². The largest absolute Gasteiger partial charge is 0.444 e. The fourth-order valence-electron chi connectivity index (χ4n) is 4.78. The summed E-state index contributed by atoms with van der Waals surface area (Å²) in [7, 11) is 0. The molecule has 14 heteroatoms. The number of anilines is 2. The second kappa shape index (κ2) is 11.2. The SMILES string of the molecule is C[C@@H](Nc1nc(C(F)(F)F)ccc1-c1cc(Oc2cccc3sc(N)nc23)ncn1)[C@H]1CCCN1C(=O)OC(C)(C)C. The number of rotatable bonds is 6. The zero-order valence-corrected chi connectivity index (χ0v) is 24.2. The van der Waals surface area contributed by atoms with E-state index in [0.29, 0.717) is 34.9 Å². The van der Waals surface area contributed by atoms with Gasteiger partial charge in [-0.3, -0.25) is 0 Å². The number of ether oxygens (including phenoxy) is 2. The Labute approximate surface area is 244 Å². The topological polar surface area (TPSA) is 128 Å². The summed E-state index contributed by atoms with van der Waals surface area (Å²) in [6.07, 6.45) is -2.48. The Morgan fingerprint density at radius 3 is 2.69 bits per heavy atom. The number of likely N-dealkylation sites (tertiary alicyclic amines) is 1. The third-order valence-electron chi connectivity index (χ3n) is 6.59. The number of hydrogen-bond acceptors (Lipinski definition) is 10. The number of nitrogens with one attached hydrogen (secondary N) is 1. The molecule has 0 saturated carbocycles. The minimum atomic E-state index is -4.66. The number of pyridine rings is 1. The van der Waals surface area contributed by atoms with E-state index in [-0.39, 0.29) is 23.4 Å². The number of alkyl halides is 3. The summed E-state index contributed by atoms with van der Waals surface area (Å²) in [5.41, 5.74) is 5.27. The quantitative estimate of drug-likeness (QED) is 0.247. The normalized spacial score (nSPS) is 16.5. The van der Waals surface area contributed by atoms with Crippen LogP contribution in [-0.4, -0.2) is 55.2 Å². The van der Waals surface area contributed by atoms with Crippen LogP contribution in [0.1, 0.15) is 46.2 Å². The second-order valence-electron chi connectivity index (χ2n) is 10.9. The molecule has 3 N–H and O–H groups in total. The Morgan fingerprint density at radius 2 is 1.95 bits per heavy atom. The van der Waals surface area contributed by atoms with Gasteiger partial charge in [0.15, 0.2) is 10.9 Å². The van der Waals surface area contributed by atoms with Gasteiger partial charge >= 0.3 is 12.3 Å². The van der Waals surface area contributed by atoms with Crippen molar-refractivity contribution < 1.29 is 27.4 Å². The number of carbonyl (C=O) groups is 1. The first-order valence-corrected chi connectivity index (χ1v) is 14.1. The Kier molecular flexibility index (Phi) is 7.84. The third-order valence-corrected chi connectivity index (χ3v) is 7.44. The van der Waals surface area contributed by atoms with Gasteiger partial charge in [0.1, 0.15) is 29.0 Å². The number of aromatic nitrogens is 4. The van der Waals surface area contributed by atoms with Crippen LogP contribution >= 0.6 is 11.3 Å². The van der Waals surface area contributed by atoms with Gasteiger partial charge in [-0.05, 0) is 64.8 Å². The maximum absolute atomic E-state index is 13.7. The molecule has 4 aromatic rings. The summed E-state index contributed by atoms with van der Waals surface area (Å²) in [5, 5.41) is 3.51. The van der Waals surface area contributed by atoms with E-state index >= 15 is 0 Å². The van der Waals surface area contributed by atoms with E-state index in [0.717, 1.165) is 17.2 Å². The molecule has 1 aliphatic heterocycles. The molecular weight excluding hydrogens is 571 g/mol. The fourth-order valence-corrected chi connectivity index (χ4v) is 5.53. The first-order chi connectivity index (χ1) is 19.8. The number of benzene rings is 1. The summed E-state index contributed by atoms with van der Waals surface area (Å²) >= 11 is 1.32. The van der Waals surface area contributed by atoms with Crippen LogP contribution < -0.4 is 15.8 Å². The average molecular weight is 602 g/mol. The van der Waals surface area contributed by atoms with Crippen molar-refractivity contribution in [3.63, 3.8) is 0 Å². The number of fused-ring (bicyclic) bond motifs is 1. The monoisotopic (exact) mass is 601 g/mol. The molecule has 2 atom stereocenters. The van der Waals surface area contributed by atoms with Gasteiger partial charge in [0.25, 0.3) is 0 Å². The smallest absolute Gasteiger partial charge is 0.433 e. The predicted molar refractivity (Wildman–Crippen MR) is 153 cm³/mol. The van der Waals surface area contributed by atoms with Crippen LogP contribution in [-0.2, 0) is 10.9 Å². The molecule has 1 fully saturated rings. The molecule has 10 nitrogen and oxygen atoms in total. The number of nitrogens with zero attached hydrogens (tertiary/aromatic N) is 5. The van der Waals surface area contributed by atoms with Crippen molar-refractivity contribution in [2.45, 2.75) is 64.4 Å². The lowest BCUT2D eigenvalue weighted by Gasteiger charge is -2.32. The van der Waals surface area contributed by atoms with Gasteiger partial charge in [0.05, 0.1) is 16.4 Å². The molecule has 0 aliphatic carbocycles. The first-order valence-electron chi connectivity index (χ1n) is 13.3. The maximum Gasteiger partial charge on any atom is 0.433 e. The zero-order chi connectivity index (χ0) is 30.2. The number of nitrogens with two attached hydrogens (primary N) is 1. The highest BCUT2D eigenvalue weighted by molar-refractivity contribution is 7.22. The van der Waals surface area contributed by atoms with Gasteiger partial charge < -0.3 is 25.4 Å². The van der Waals surface area contributed by atoms with Crippen molar-refractivity contribution in [1.29, 1.82) is 0 Å². The van der Waals surface area contributed by atoms with Gasteiger partial charge in [-0.15, -0.1) is 0 Å². The molecule has 5 rings (SSSR count). The highest BCUT2D eigenvalue weighted by Crippen LogP contribution is 2.36. The predicted octanol–water partition coefficient (Wildman–Crippen LogP) is 6.74. The van der Waals surface area contributed by atoms with Gasteiger partial charge in [-0.2, -0.15) is 13.2 Å². The number of amides is 1. The second-order valence-corrected chi connectivity index (χ2v) is 12.0. The number of hydrogen-bond donors (Lipinski definition) is 2. The van der Waals surface area contributed by atoms with Crippen molar-refractivity contribution in [3.8, 4) is 22.9 Å². The van der Waals surface area contributed by atoms with Crippen molar-refractivity contribution in [3.05, 3.63) is 48.4 Å². The molecular formula is C28H30F3N7O3S. The minimum absolute atomic E-state index is 0.0348. The van der Waals surface area contributed by atoms with Gasteiger partial charge in [0, 0.05) is 24.2 Å². The molecule has 42 heavy (non-hydrogen) atoms. The number of carbonyl (C=O) groups excluding carboxylic acids is 1. The molecule has 222 valence electrons. The van der Waals surface area contributed by atoms with E-state index in [1.54, 1.807) is 44.7 Å². The van der Waals surface area contributed by atoms with E-state index in [9.17, 15) is 18.0 Å². The molecule has 1 amide bonds. The van der Waals surface area contributed by atoms with Gasteiger partial charge in [0.2, 0.25) is 5.88 Å². The molecule has 0 unspecified atom stereocenters. The molecule has 0 radical (unpaired) electrons. The van der Waals surface area contributed by atoms with E-state index in [1.165, 1.54) is 29.8 Å². The Hall–Kier alpha value is -4.20. The molecule has 1 aliphatic rings. The van der Waals surface area contributed by atoms with E-state index in [4.69, 9.17) is 15.2 Å². The Bertz CT molecular complexity index is 1610. The molecule has 0 spiro atoms. The Morgan fingerprint density at radius 1 is 1.17 bits per heavy atom. The van der Waals surface area contributed by atoms with Crippen LogP contribution in [0.25, 0.3) is 21.5 Å². The lowest BCUT2D eigenvalue weighted by atomic mass is 10.1. The highest BCUT2D eigenvalue weighted by Gasteiger charge is 2.37. The molecule has 3 aromatic heterocycles. The fraction of sp³-hybridized carbons (Fsp3) is 0.393. The number of para-hydroxylation sites is 1. The van der Waals surface area contributed by atoms with Gasteiger partial charge in [-0.25, -0.2) is 24.7 Å². The minimum Gasteiger partial charge on any atom is -0.444 e. The van der Waals surface area contributed by atoms with E-state index in [2.05, 4.69) is 25.3 Å². The summed E-state index contributed by atoms with van der Waals surface area (Å²) in [6, 6.07) is 8.31. The summed E-state index contributed by atoms with van der Waals surface area (Å²) in [6.45, 7) is 7.63.